The van der Waals surface area contributed by atoms with Crippen molar-refractivity contribution in [3.05, 3.63) is 59.4 Å². The second kappa shape index (κ2) is 6.99. The van der Waals surface area contributed by atoms with E-state index >= 15 is 0 Å². The number of nitrogens with zero attached hydrogens (tertiary/aromatic N) is 1. The van der Waals surface area contributed by atoms with E-state index in [0.29, 0.717) is 11.6 Å². The Labute approximate surface area is 125 Å². The van der Waals surface area contributed by atoms with E-state index in [1.807, 2.05) is 37.3 Å². The second-order valence-corrected chi connectivity index (χ2v) is 5.37. The Morgan fingerprint density at radius 1 is 1.14 bits per heavy atom. The number of benzene rings is 1. The van der Waals surface area contributed by atoms with Crippen molar-refractivity contribution in [2.45, 2.75) is 33.4 Å². The largest absolute Gasteiger partial charge is 0.322 e. The number of aromatic nitrogens is 1. The molecule has 21 heavy (non-hydrogen) atoms. The molecule has 0 fully saturated rings. The summed E-state index contributed by atoms with van der Waals surface area (Å²) in [5.41, 5.74) is 3.44. The van der Waals surface area contributed by atoms with E-state index in [1.165, 1.54) is 5.56 Å². The fourth-order valence-electron chi connectivity index (χ4n) is 1.83. The molecule has 0 radical (unpaired) electrons. The third-order valence-electron chi connectivity index (χ3n) is 3.10. The zero-order valence-electron chi connectivity index (χ0n) is 12.7. The van der Waals surface area contributed by atoms with Gasteiger partial charge in [0.15, 0.2) is 0 Å². The van der Waals surface area contributed by atoms with Crippen LogP contribution < -0.4 is 10.6 Å². The summed E-state index contributed by atoms with van der Waals surface area (Å²) in [7, 11) is 0. The minimum atomic E-state index is -0.143. The highest BCUT2D eigenvalue weighted by molar-refractivity contribution is 6.04. The Morgan fingerprint density at radius 3 is 2.43 bits per heavy atom. The van der Waals surface area contributed by atoms with E-state index in [4.69, 9.17) is 0 Å². The Balaban J connectivity index is 1.96. The van der Waals surface area contributed by atoms with Gasteiger partial charge in [-0.25, -0.2) is 0 Å². The molecule has 1 amide bonds. The van der Waals surface area contributed by atoms with Crippen molar-refractivity contribution in [2.75, 3.05) is 5.32 Å². The van der Waals surface area contributed by atoms with Crippen LogP contribution in [-0.2, 0) is 6.54 Å². The quantitative estimate of drug-likeness (QED) is 0.886. The maximum absolute atomic E-state index is 12.1. The molecule has 2 N–H and O–H groups in total. The van der Waals surface area contributed by atoms with Gasteiger partial charge in [0.2, 0.25) is 0 Å². The van der Waals surface area contributed by atoms with E-state index in [1.54, 1.807) is 12.3 Å². The SMILES string of the molecule is Cc1ccc(C(=O)Nc2ccc(CNC(C)C)cc2)cn1. The smallest absolute Gasteiger partial charge is 0.257 e. The molecule has 2 rings (SSSR count). The van der Waals surface area contributed by atoms with Crippen molar-refractivity contribution < 1.29 is 4.79 Å². The van der Waals surface area contributed by atoms with Gasteiger partial charge < -0.3 is 10.6 Å². The molecular weight excluding hydrogens is 262 g/mol. The number of anilines is 1. The maximum Gasteiger partial charge on any atom is 0.257 e. The van der Waals surface area contributed by atoms with E-state index in [0.717, 1.165) is 17.9 Å². The lowest BCUT2D eigenvalue weighted by Gasteiger charge is -2.09. The lowest BCUT2D eigenvalue weighted by atomic mass is 10.2. The Kier molecular flexibility index (Phi) is 5.06. The lowest BCUT2D eigenvalue weighted by Crippen LogP contribution is -2.21. The molecule has 0 spiro atoms. The van der Waals surface area contributed by atoms with Crippen LogP contribution >= 0.6 is 0 Å². The van der Waals surface area contributed by atoms with Gasteiger partial charge >= 0.3 is 0 Å². The van der Waals surface area contributed by atoms with Crippen molar-refractivity contribution >= 4 is 11.6 Å². The summed E-state index contributed by atoms with van der Waals surface area (Å²) in [4.78, 5) is 16.2. The van der Waals surface area contributed by atoms with Gasteiger partial charge in [-0.2, -0.15) is 0 Å². The number of carbonyl (C=O) groups excluding carboxylic acids is 1. The summed E-state index contributed by atoms with van der Waals surface area (Å²) >= 11 is 0. The molecule has 0 aliphatic rings. The molecule has 4 nitrogen and oxygen atoms in total. The van der Waals surface area contributed by atoms with E-state index in [9.17, 15) is 4.79 Å². The predicted octanol–water partition coefficient (Wildman–Crippen LogP) is 3.14. The number of pyridine rings is 1. The monoisotopic (exact) mass is 283 g/mol. The van der Waals surface area contributed by atoms with Crippen LogP contribution in [-0.4, -0.2) is 16.9 Å². The minimum absolute atomic E-state index is 0.143. The molecule has 0 atom stereocenters. The zero-order chi connectivity index (χ0) is 15.2. The highest BCUT2D eigenvalue weighted by Crippen LogP contribution is 2.11. The summed E-state index contributed by atoms with van der Waals surface area (Å²) in [5.74, 6) is -0.143. The minimum Gasteiger partial charge on any atom is -0.322 e. The third-order valence-corrected chi connectivity index (χ3v) is 3.10. The van der Waals surface area contributed by atoms with Crippen LogP contribution in [0.1, 0.15) is 35.5 Å². The molecule has 1 aromatic carbocycles. The third kappa shape index (κ3) is 4.68. The molecule has 1 aromatic heterocycles. The summed E-state index contributed by atoms with van der Waals surface area (Å²) in [6.07, 6.45) is 1.59. The molecule has 0 saturated carbocycles. The standard InChI is InChI=1S/C17H21N3O/c1-12(2)18-10-14-5-8-16(9-6-14)20-17(21)15-7-4-13(3)19-11-15/h4-9,11-12,18H,10H2,1-3H3,(H,20,21). The van der Waals surface area contributed by atoms with Crippen LogP contribution in [0.2, 0.25) is 0 Å². The first kappa shape index (κ1) is 15.2. The predicted molar refractivity (Wildman–Crippen MR) is 85.3 cm³/mol. The first-order valence-corrected chi connectivity index (χ1v) is 7.11. The molecule has 0 saturated heterocycles. The molecular formula is C17H21N3O. The Morgan fingerprint density at radius 2 is 1.86 bits per heavy atom. The number of nitrogens with one attached hydrogen (secondary N) is 2. The van der Waals surface area contributed by atoms with E-state index in [2.05, 4.69) is 29.5 Å². The summed E-state index contributed by atoms with van der Waals surface area (Å²) < 4.78 is 0. The van der Waals surface area contributed by atoms with Crippen molar-refractivity contribution in [1.29, 1.82) is 0 Å². The molecule has 0 unspecified atom stereocenters. The fraction of sp³-hybridized carbons (Fsp3) is 0.294. The van der Waals surface area contributed by atoms with Crippen LogP contribution in [0, 0.1) is 6.92 Å². The average molecular weight is 283 g/mol. The van der Waals surface area contributed by atoms with Gasteiger partial charge in [0.05, 0.1) is 5.56 Å². The molecule has 2 aromatic rings. The van der Waals surface area contributed by atoms with Gasteiger partial charge in [0, 0.05) is 30.2 Å². The number of amides is 1. The second-order valence-electron chi connectivity index (χ2n) is 5.37. The number of rotatable bonds is 5. The van der Waals surface area contributed by atoms with Crippen molar-refractivity contribution in [3.8, 4) is 0 Å². The van der Waals surface area contributed by atoms with Crippen molar-refractivity contribution in [2.24, 2.45) is 0 Å². The van der Waals surface area contributed by atoms with E-state index in [-0.39, 0.29) is 5.91 Å². The Bertz CT molecular complexity index is 588. The molecule has 110 valence electrons. The molecule has 1 heterocycles. The van der Waals surface area contributed by atoms with Gasteiger partial charge in [-0.3, -0.25) is 9.78 Å². The lowest BCUT2D eigenvalue weighted by molar-refractivity contribution is 0.102. The fourth-order valence-corrected chi connectivity index (χ4v) is 1.83. The highest BCUT2D eigenvalue weighted by atomic mass is 16.1. The molecule has 0 aliphatic carbocycles. The maximum atomic E-state index is 12.1. The average Bonchev–Trinajstić information content (AvgIpc) is 2.47. The summed E-state index contributed by atoms with van der Waals surface area (Å²) in [6, 6.07) is 11.9. The van der Waals surface area contributed by atoms with Crippen LogP contribution in [0.5, 0.6) is 0 Å². The van der Waals surface area contributed by atoms with Gasteiger partial charge in [0.25, 0.3) is 5.91 Å². The van der Waals surface area contributed by atoms with Crippen molar-refractivity contribution in [1.82, 2.24) is 10.3 Å². The van der Waals surface area contributed by atoms with Gasteiger partial charge in [0.1, 0.15) is 0 Å². The van der Waals surface area contributed by atoms with Crippen LogP contribution in [0.4, 0.5) is 5.69 Å². The highest BCUT2D eigenvalue weighted by Gasteiger charge is 2.06. The van der Waals surface area contributed by atoms with Crippen LogP contribution in [0.25, 0.3) is 0 Å². The van der Waals surface area contributed by atoms with E-state index < -0.39 is 0 Å². The molecule has 4 heteroatoms. The number of carbonyl (C=O) groups is 1. The normalized spacial score (nSPS) is 10.7. The summed E-state index contributed by atoms with van der Waals surface area (Å²) in [5, 5.41) is 6.23. The van der Waals surface area contributed by atoms with Gasteiger partial charge in [-0.05, 0) is 36.8 Å². The molecule has 0 bridgehead atoms. The van der Waals surface area contributed by atoms with Gasteiger partial charge in [-0.1, -0.05) is 26.0 Å². The first-order chi connectivity index (χ1) is 10.0. The first-order valence-electron chi connectivity index (χ1n) is 7.11. The number of hydrogen-bond donors (Lipinski definition) is 2. The van der Waals surface area contributed by atoms with Gasteiger partial charge in [-0.15, -0.1) is 0 Å². The zero-order valence-corrected chi connectivity index (χ0v) is 12.7. The molecule has 0 aliphatic heterocycles. The summed E-state index contributed by atoms with van der Waals surface area (Å²) in [6.45, 7) is 6.95. The number of hydrogen-bond acceptors (Lipinski definition) is 3. The number of aryl methyl sites for hydroxylation is 1. The van der Waals surface area contributed by atoms with Crippen molar-refractivity contribution in [3.63, 3.8) is 0 Å². The van der Waals surface area contributed by atoms with Crippen LogP contribution in [0.15, 0.2) is 42.6 Å². The Hall–Kier alpha value is -2.20. The topological polar surface area (TPSA) is 54.0 Å². The van der Waals surface area contributed by atoms with Crippen LogP contribution in [0.3, 0.4) is 0 Å².